The van der Waals surface area contributed by atoms with Crippen molar-refractivity contribution in [2.24, 2.45) is 0 Å². The van der Waals surface area contributed by atoms with E-state index < -0.39 is 5.60 Å². The van der Waals surface area contributed by atoms with Crippen LogP contribution in [0.2, 0.25) is 0 Å². The number of piperidine rings is 1. The predicted molar refractivity (Wildman–Crippen MR) is 76.1 cm³/mol. The maximum Gasteiger partial charge on any atom is 0.0843 e. The Hall–Kier alpha value is -1.06. The average molecular weight is 248 g/mol. The van der Waals surface area contributed by atoms with Crippen LogP contribution in [0, 0.1) is 0 Å². The van der Waals surface area contributed by atoms with Gasteiger partial charge in [0.2, 0.25) is 0 Å². The number of benzene rings is 1. The minimum Gasteiger partial charge on any atom is -0.388 e. The van der Waals surface area contributed by atoms with Gasteiger partial charge in [-0.3, -0.25) is 0 Å². The summed E-state index contributed by atoms with van der Waals surface area (Å²) < 4.78 is 0. The monoisotopic (exact) mass is 248 g/mol. The van der Waals surface area contributed by atoms with Gasteiger partial charge in [0.25, 0.3) is 0 Å². The highest BCUT2D eigenvalue weighted by molar-refractivity contribution is 5.45. The number of rotatable bonds is 4. The smallest absolute Gasteiger partial charge is 0.0843 e. The van der Waals surface area contributed by atoms with Crippen molar-refractivity contribution in [3.63, 3.8) is 0 Å². The Bertz CT molecular complexity index is 367. The van der Waals surface area contributed by atoms with Gasteiger partial charge in [-0.1, -0.05) is 26.0 Å². The van der Waals surface area contributed by atoms with Crippen LogP contribution in [0.4, 0.5) is 5.69 Å². The van der Waals surface area contributed by atoms with E-state index in [0.29, 0.717) is 12.5 Å². The first kappa shape index (κ1) is 13.4. The van der Waals surface area contributed by atoms with Crippen LogP contribution in [0.25, 0.3) is 0 Å². The number of hydrogen-bond acceptors (Lipinski definition) is 3. The van der Waals surface area contributed by atoms with Crippen molar-refractivity contribution < 1.29 is 5.11 Å². The van der Waals surface area contributed by atoms with Gasteiger partial charge in [-0.25, -0.2) is 0 Å². The van der Waals surface area contributed by atoms with Gasteiger partial charge in [-0.05, 0) is 49.5 Å². The summed E-state index contributed by atoms with van der Waals surface area (Å²) in [6.45, 7) is 6.84. The molecule has 3 N–H and O–H groups in total. The van der Waals surface area contributed by atoms with E-state index in [1.165, 1.54) is 5.56 Å². The first-order valence-corrected chi connectivity index (χ1v) is 6.86. The molecule has 1 aliphatic rings. The molecule has 1 heterocycles. The number of nitrogens with one attached hydrogen (secondary N) is 2. The fourth-order valence-electron chi connectivity index (χ4n) is 2.32. The Labute approximate surface area is 110 Å². The van der Waals surface area contributed by atoms with E-state index in [1.807, 2.05) is 0 Å². The predicted octanol–water partition coefficient (Wildman–Crippen LogP) is 2.34. The Morgan fingerprint density at radius 2 is 1.83 bits per heavy atom. The maximum atomic E-state index is 10.4. The standard InChI is InChI=1S/C15H24N2O/c1-12(2)13-3-5-14(6-4-13)17-11-15(18)7-9-16-10-8-15/h3-6,12,16-18H,7-11H2,1-2H3. The quantitative estimate of drug-likeness (QED) is 0.766. The van der Waals surface area contributed by atoms with E-state index in [9.17, 15) is 5.11 Å². The summed E-state index contributed by atoms with van der Waals surface area (Å²) in [6.07, 6.45) is 1.65. The summed E-state index contributed by atoms with van der Waals surface area (Å²) in [5, 5.41) is 17.0. The molecular formula is C15H24N2O. The lowest BCUT2D eigenvalue weighted by molar-refractivity contribution is 0.0232. The molecule has 1 aliphatic heterocycles. The van der Waals surface area contributed by atoms with Crippen LogP contribution in [0.1, 0.15) is 38.2 Å². The van der Waals surface area contributed by atoms with Crippen molar-refractivity contribution in [2.75, 3.05) is 25.0 Å². The van der Waals surface area contributed by atoms with E-state index in [0.717, 1.165) is 31.6 Å². The van der Waals surface area contributed by atoms with E-state index >= 15 is 0 Å². The molecule has 1 aromatic rings. The third-order valence-corrected chi connectivity index (χ3v) is 3.73. The molecule has 1 saturated heterocycles. The number of aliphatic hydroxyl groups is 1. The molecule has 1 fully saturated rings. The van der Waals surface area contributed by atoms with Gasteiger partial charge in [-0.2, -0.15) is 0 Å². The molecule has 0 atom stereocenters. The molecule has 0 bridgehead atoms. The Morgan fingerprint density at radius 3 is 2.39 bits per heavy atom. The molecule has 0 spiro atoms. The lowest BCUT2D eigenvalue weighted by Crippen LogP contribution is -2.46. The lowest BCUT2D eigenvalue weighted by Gasteiger charge is -2.33. The molecule has 3 heteroatoms. The van der Waals surface area contributed by atoms with Crippen molar-refractivity contribution >= 4 is 5.69 Å². The summed E-state index contributed by atoms with van der Waals surface area (Å²) in [4.78, 5) is 0. The van der Waals surface area contributed by atoms with Crippen LogP contribution >= 0.6 is 0 Å². The van der Waals surface area contributed by atoms with Crippen molar-refractivity contribution in [1.82, 2.24) is 5.32 Å². The molecule has 0 saturated carbocycles. The molecule has 18 heavy (non-hydrogen) atoms. The molecule has 1 aromatic carbocycles. The van der Waals surface area contributed by atoms with Crippen molar-refractivity contribution in [2.45, 2.75) is 38.2 Å². The largest absolute Gasteiger partial charge is 0.388 e. The van der Waals surface area contributed by atoms with Crippen LogP contribution in [0.15, 0.2) is 24.3 Å². The highest BCUT2D eigenvalue weighted by atomic mass is 16.3. The molecule has 100 valence electrons. The average Bonchev–Trinajstić information content (AvgIpc) is 2.38. The highest BCUT2D eigenvalue weighted by Crippen LogP contribution is 2.21. The minimum atomic E-state index is -0.554. The van der Waals surface area contributed by atoms with Gasteiger partial charge in [0.05, 0.1) is 5.60 Å². The molecular weight excluding hydrogens is 224 g/mol. The third kappa shape index (κ3) is 3.47. The second kappa shape index (κ2) is 5.72. The van der Waals surface area contributed by atoms with E-state index in [2.05, 4.69) is 48.7 Å². The molecule has 0 radical (unpaired) electrons. The topological polar surface area (TPSA) is 44.3 Å². The highest BCUT2D eigenvalue weighted by Gasteiger charge is 2.28. The van der Waals surface area contributed by atoms with Crippen molar-refractivity contribution in [3.8, 4) is 0 Å². The first-order chi connectivity index (χ1) is 8.59. The van der Waals surface area contributed by atoms with Crippen LogP contribution in [-0.4, -0.2) is 30.3 Å². The lowest BCUT2D eigenvalue weighted by atomic mass is 9.92. The molecule has 0 unspecified atom stereocenters. The molecule has 2 rings (SSSR count). The van der Waals surface area contributed by atoms with Crippen LogP contribution in [0.3, 0.4) is 0 Å². The second-order valence-corrected chi connectivity index (χ2v) is 5.60. The second-order valence-electron chi connectivity index (χ2n) is 5.60. The van der Waals surface area contributed by atoms with Gasteiger partial charge in [0, 0.05) is 12.2 Å². The summed E-state index contributed by atoms with van der Waals surface area (Å²) in [6, 6.07) is 8.50. The number of hydrogen-bond donors (Lipinski definition) is 3. The van der Waals surface area contributed by atoms with Crippen LogP contribution < -0.4 is 10.6 Å². The van der Waals surface area contributed by atoms with Gasteiger partial charge in [-0.15, -0.1) is 0 Å². The normalized spacial score (nSPS) is 18.9. The summed E-state index contributed by atoms with van der Waals surface area (Å²) in [5.74, 6) is 0.563. The minimum absolute atomic E-state index is 0.554. The zero-order valence-electron chi connectivity index (χ0n) is 11.4. The molecule has 0 amide bonds. The zero-order valence-corrected chi connectivity index (χ0v) is 11.4. The molecule has 0 aromatic heterocycles. The zero-order chi connectivity index (χ0) is 13.0. The molecule has 3 nitrogen and oxygen atoms in total. The maximum absolute atomic E-state index is 10.4. The Morgan fingerprint density at radius 1 is 1.22 bits per heavy atom. The summed E-state index contributed by atoms with van der Waals surface area (Å²) in [5.41, 5.74) is 1.88. The Kier molecular flexibility index (Phi) is 4.25. The van der Waals surface area contributed by atoms with Crippen molar-refractivity contribution in [3.05, 3.63) is 29.8 Å². The molecule has 0 aliphatic carbocycles. The van der Waals surface area contributed by atoms with E-state index in [-0.39, 0.29) is 0 Å². The van der Waals surface area contributed by atoms with Crippen molar-refractivity contribution in [1.29, 1.82) is 0 Å². The van der Waals surface area contributed by atoms with E-state index in [4.69, 9.17) is 0 Å². The third-order valence-electron chi connectivity index (χ3n) is 3.73. The van der Waals surface area contributed by atoms with Crippen LogP contribution in [0.5, 0.6) is 0 Å². The van der Waals surface area contributed by atoms with Gasteiger partial charge in [0.1, 0.15) is 0 Å². The first-order valence-electron chi connectivity index (χ1n) is 6.86. The van der Waals surface area contributed by atoms with E-state index in [1.54, 1.807) is 0 Å². The van der Waals surface area contributed by atoms with Gasteiger partial charge >= 0.3 is 0 Å². The SMILES string of the molecule is CC(C)c1ccc(NCC2(O)CCNCC2)cc1. The van der Waals surface area contributed by atoms with Gasteiger partial charge in [0.15, 0.2) is 0 Å². The fourth-order valence-corrected chi connectivity index (χ4v) is 2.32. The fraction of sp³-hybridized carbons (Fsp3) is 0.600. The number of anilines is 1. The Balaban J connectivity index is 1.89. The van der Waals surface area contributed by atoms with Crippen LogP contribution in [-0.2, 0) is 0 Å². The summed E-state index contributed by atoms with van der Waals surface area (Å²) >= 11 is 0. The van der Waals surface area contributed by atoms with Gasteiger partial charge < -0.3 is 15.7 Å². The summed E-state index contributed by atoms with van der Waals surface area (Å²) in [7, 11) is 0.